The van der Waals surface area contributed by atoms with E-state index in [1.165, 1.54) is 18.2 Å². The summed E-state index contributed by atoms with van der Waals surface area (Å²) in [4.78, 5) is 20.7. The van der Waals surface area contributed by atoms with Gasteiger partial charge in [0.1, 0.15) is 5.75 Å². The van der Waals surface area contributed by atoms with E-state index >= 15 is 0 Å². The number of hydrogen-bond donors (Lipinski definition) is 1. The summed E-state index contributed by atoms with van der Waals surface area (Å²) in [7, 11) is 0. The van der Waals surface area contributed by atoms with Gasteiger partial charge in [0, 0.05) is 12.0 Å². The molecule has 0 saturated carbocycles. The summed E-state index contributed by atoms with van der Waals surface area (Å²) in [5.74, 6) is -0.752. The van der Waals surface area contributed by atoms with Crippen LogP contribution < -0.4 is 4.74 Å². The van der Waals surface area contributed by atoms with Crippen LogP contribution in [0.3, 0.4) is 0 Å². The molecule has 0 fully saturated rings. The summed E-state index contributed by atoms with van der Waals surface area (Å²) in [5, 5.41) is 19.3. The Labute approximate surface area is 110 Å². The van der Waals surface area contributed by atoms with Crippen molar-refractivity contribution in [2.24, 2.45) is 5.92 Å². The predicted molar refractivity (Wildman–Crippen MR) is 69.1 cm³/mol. The first-order valence-corrected chi connectivity index (χ1v) is 5.73. The fourth-order valence-electron chi connectivity index (χ4n) is 1.59. The molecule has 1 rings (SSSR count). The number of rotatable bonds is 8. The van der Waals surface area contributed by atoms with Gasteiger partial charge in [0.2, 0.25) is 0 Å². The molecule has 1 N–H and O–H groups in total. The van der Waals surface area contributed by atoms with Crippen LogP contribution in [-0.4, -0.2) is 22.6 Å². The molecule has 1 atom stereocenters. The molecule has 6 heteroatoms. The number of ether oxygens (including phenoxy) is 1. The van der Waals surface area contributed by atoms with E-state index in [2.05, 4.69) is 6.58 Å². The summed E-state index contributed by atoms with van der Waals surface area (Å²) >= 11 is 0. The molecular formula is C13H15NO5. The van der Waals surface area contributed by atoms with Gasteiger partial charge in [-0.2, -0.15) is 0 Å². The minimum atomic E-state index is -0.908. The van der Waals surface area contributed by atoms with Crippen molar-refractivity contribution in [3.05, 3.63) is 47.0 Å². The summed E-state index contributed by atoms with van der Waals surface area (Å²) in [5.41, 5.74) is -0.0593. The molecule has 19 heavy (non-hydrogen) atoms. The van der Waals surface area contributed by atoms with Gasteiger partial charge >= 0.3 is 5.97 Å². The maximum atomic E-state index is 10.7. The van der Waals surface area contributed by atoms with E-state index in [9.17, 15) is 14.9 Å². The highest BCUT2D eigenvalue weighted by molar-refractivity contribution is 5.67. The minimum Gasteiger partial charge on any atom is -0.493 e. The maximum Gasteiger partial charge on any atom is 0.303 e. The fraction of sp³-hybridized carbons (Fsp3) is 0.308. The Morgan fingerprint density at radius 2 is 2.32 bits per heavy atom. The van der Waals surface area contributed by atoms with E-state index in [0.29, 0.717) is 12.2 Å². The van der Waals surface area contributed by atoms with Gasteiger partial charge in [0.25, 0.3) is 5.69 Å². The molecule has 0 aliphatic rings. The number of carboxylic acid groups (broad SMARTS) is 1. The van der Waals surface area contributed by atoms with Crippen LogP contribution in [0.25, 0.3) is 0 Å². The third-order valence-electron chi connectivity index (χ3n) is 2.48. The number of nitrogens with zero attached hydrogens (tertiary/aromatic N) is 1. The molecule has 0 amide bonds. The lowest BCUT2D eigenvalue weighted by atomic mass is 10.0. The van der Waals surface area contributed by atoms with Crippen LogP contribution in [0.4, 0.5) is 5.69 Å². The number of nitro benzene ring substituents is 1. The molecule has 102 valence electrons. The van der Waals surface area contributed by atoms with Gasteiger partial charge in [0.15, 0.2) is 0 Å². The highest BCUT2D eigenvalue weighted by Crippen LogP contribution is 2.20. The number of nitro groups is 1. The van der Waals surface area contributed by atoms with Crippen LogP contribution in [0.5, 0.6) is 5.75 Å². The first kappa shape index (κ1) is 14.7. The first-order valence-electron chi connectivity index (χ1n) is 5.73. The van der Waals surface area contributed by atoms with Crippen molar-refractivity contribution in [1.82, 2.24) is 0 Å². The second kappa shape index (κ2) is 7.15. The minimum absolute atomic E-state index is 0.0268. The van der Waals surface area contributed by atoms with Gasteiger partial charge in [-0.1, -0.05) is 12.1 Å². The van der Waals surface area contributed by atoms with Gasteiger partial charge in [-0.3, -0.25) is 14.9 Å². The molecule has 0 radical (unpaired) electrons. The van der Waals surface area contributed by atoms with Crippen molar-refractivity contribution in [2.45, 2.75) is 12.8 Å². The monoisotopic (exact) mass is 265 g/mol. The average molecular weight is 265 g/mol. The smallest absolute Gasteiger partial charge is 0.303 e. The number of carbonyl (C=O) groups is 1. The standard InChI is InChI=1S/C13H15NO5/c1-2-4-10(7-13(15)16)9-19-12-6-3-5-11(8-12)14(17)18/h2-3,5-6,8,10H,1,4,7,9H2,(H,15,16)/t10-/m0/s1. The van der Waals surface area contributed by atoms with Gasteiger partial charge in [0.05, 0.1) is 24.0 Å². The number of allylic oxidation sites excluding steroid dienone is 1. The van der Waals surface area contributed by atoms with Crippen LogP contribution in [-0.2, 0) is 4.79 Å². The molecule has 6 nitrogen and oxygen atoms in total. The fourth-order valence-corrected chi connectivity index (χ4v) is 1.59. The predicted octanol–water partition coefficient (Wildman–Crippen LogP) is 2.64. The van der Waals surface area contributed by atoms with E-state index in [1.54, 1.807) is 12.1 Å². The van der Waals surface area contributed by atoms with Crippen molar-refractivity contribution >= 4 is 11.7 Å². The molecule has 0 aliphatic carbocycles. The third-order valence-corrected chi connectivity index (χ3v) is 2.48. The number of carboxylic acids is 1. The largest absolute Gasteiger partial charge is 0.493 e. The summed E-state index contributed by atoms with van der Waals surface area (Å²) < 4.78 is 5.40. The van der Waals surface area contributed by atoms with Gasteiger partial charge in [-0.15, -0.1) is 6.58 Å². The molecule has 0 heterocycles. The van der Waals surface area contributed by atoms with E-state index in [0.717, 1.165) is 0 Å². The second-order valence-electron chi connectivity index (χ2n) is 4.05. The molecule has 0 bridgehead atoms. The summed E-state index contributed by atoms with van der Waals surface area (Å²) in [6.45, 7) is 3.74. The van der Waals surface area contributed by atoms with Crippen molar-refractivity contribution < 1.29 is 19.6 Å². The Morgan fingerprint density at radius 1 is 1.58 bits per heavy atom. The Balaban J connectivity index is 2.62. The number of benzene rings is 1. The molecule has 0 aliphatic heterocycles. The number of aliphatic carboxylic acids is 1. The van der Waals surface area contributed by atoms with E-state index in [4.69, 9.17) is 9.84 Å². The van der Waals surface area contributed by atoms with Crippen LogP contribution in [0, 0.1) is 16.0 Å². The Hall–Kier alpha value is -2.37. The zero-order valence-corrected chi connectivity index (χ0v) is 10.3. The van der Waals surface area contributed by atoms with Crippen LogP contribution >= 0.6 is 0 Å². The van der Waals surface area contributed by atoms with Gasteiger partial charge in [-0.05, 0) is 12.5 Å². The molecule has 0 spiro atoms. The normalized spacial score (nSPS) is 11.6. The highest BCUT2D eigenvalue weighted by Gasteiger charge is 2.13. The quantitative estimate of drug-likeness (QED) is 0.443. The average Bonchev–Trinajstić information content (AvgIpc) is 2.36. The molecule has 0 saturated heterocycles. The second-order valence-corrected chi connectivity index (χ2v) is 4.05. The number of non-ortho nitro benzene ring substituents is 1. The van der Waals surface area contributed by atoms with E-state index in [-0.39, 0.29) is 24.6 Å². The number of hydrogen-bond acceptors (Lipinski definition) is 4. The molecule has 0 aromatic heterocycles. The Kier molecular flexibility index (Phi) is 5.53. The molecule has 1 aromatic rings. The van der Waals surface area contributed by atoms with Crippen molar-refractivity contribution in [2.75, 3.05) is 6.61 Å². The van der Waals surface area contributed by atoms with Gasteiger partial charge in [-0.25, -0.2) is 0 Å². The summed E-state index contributed by atoms with van der Waals surface area (Å²) in [6.07, 6.45) is 2.12. The lowest BCUT2D eigenvalue weighted by Gasteiger charge is -2.13. The third kappa shape index (κ3) is 5.20. The first-order chi connectivity index (χ1) is 9.02. The van der Waals surface area contributed by atoms with Crippen molar-refractivity contribution in [3.63, 3.8) is 0 Å². The van der Waals surface area contributed by atoms with Gasteiger partial charge < -0.3 is 9.84 Å². The zero-order chi connectivity index (χ0) is 14.3. The van der Waals surface area contributed by atoms with Crippen LogP contribution in [0.15, 0.2) is 36.9 Å². The summed E-state index contributed by atoms with van der Waals surface area (Å²) in [6, 6.07) is 5.79. The van der Waals surface area contributed by atoms with Crippen LogP contribution in [0.2, 0.25) is 0 Å². The van der Waals surface area contributed by atoms with E-state index < -0.39 is 10.9 Å². The highest BCUT2D eigenvalue weighted by atomic mass is 16.6. The molecular weight excluding hydrogens is 250 g/mol. The Morgan fingerprint density at radius 3 is 2.89 bits per heavy atom. The topological polar surface area (TPSA) is 89.7 Å². The van der Waals surface area contributed by atoms with Crippen molar-refractivity contribution in [3.8, 4) is 5.75 Å². The molecule has 0 unspecified atom stereocenters. The lowest BCUT2D eigenvalue weighted by molar-refractivity contribution is -0.384. The zero-order valence-electron chi connectivity index (χ0n) is 10.3. The lowest BCUT2D eigenvalue weighted by Crippen LogP contribution is -2.15. The maximum absolute atomic E-state index is 10.7. The Bertz CT molecular complexity index is 472. The van der Waals surface area contributed by atoms with Crippen LogP contribution in [0.1, 0.15) is 12.8 Å². The molecule has 1 aromatic carbocycles. The van der Waals surface area contributed by atoms with E-state index in [1.807, 2.05) is 0 Å². The van der Waals surface area contributed by atoms with Crippen molar-refractivity contribution in [1.29, 1.82) is 0 Å². The SMILES string of the molecule is C=CC[C@H](COc1cccc([N+](=O)[O-])c1)CC(=O)O.